The number of sulfonamides is 1. The Bertz CT molecular complexity index is 1480. The zero-order valence-electron chi connectivity index (χ0n) is 20.1. The van der Waals surface area contributed by atoms with Crippen LogP contribution in [0.1, 0.15) is 30.0 Å². The van der Waals surface area contributed by atoms with Crippen molar-refractivity contribution in [2.45, 2.75) is 49.4 Å². The second-order valence-electron chi connectivity index (χ2n) is 10.0. The molecule has 0 aromatic heterocycles. The van der Waals surface area contributed by atoms with Crippen molar-refractivity contribution in [3.63, 3.8) is 0 Å². The second-order valence-corrected chi connectivity index (χ2v) is 11.6. The van der Waals surface area contributed by atoms with Gasteiger partial charge in [-0.15, -0.1) is 4.40 Å². The molecule has 1 N–H and O–H groups in total. The number of carbonyl (C=O) groups excluding carboxylic acids is 1. The van der Waals surface area contributed by atoms with Gasteiger partial charge in [-0.2, -0.15) is 8.42 Å². The van der Waals surface area contributed by atoms with E-state index in [9.17, 15) is 18.3 Å². The minimum Gasteiger partial charge on any atom is -0.385 e. The molecule has 0 spiro atoms. The summed E-state index contributed by atoms with van der Waals surface area (Å²) in [4.78, 5) is 17.6. The van der Waals surface area contributed by atoms with Gasteiger partial charge in [-0.25, -0.2) is 0 Å². The summed E-state index contributed by atoms with van der Waals surface area (Å²) in [7, 11) is -4.01. The third kappa shape index (κ3) is 3.39. The smallest absolute Gasteiger partial charge is 0.283 e. The summed E-state index contributed by atoms with van der Waals surface area (Å²) in [5, 5.41) is 11.7. The lowest BCUT2D eigenvalue weighted by Gasteiger charge is -2.44. The van der Waals surface area contributed by atoms with Crippen LogP contribution in [0.4, 0.5) is 5.69 Å². The van der Waals surface area contributed by atoms with Crippen molar-refractivity contribution in [3.8, 4) is 0 Å². The average molecular weight is 502 g/mol. The number of fused-ring (bicyclic) bond motifs is 2. The molecular weight excluding hydrogens is 474 g/mol. The van der Waals surface area contributed by atoms with Gasteiger partial charge in [0.1, 0.15) is 18.0 Å². The van der Waals surface area contributed by atoms with E-state index in [2.05, 4.69) is 4.40 Å². The SMILES string of the molecule is Cc1ccc(S(=O)(=O)/N=C2\C[C@@H]3[C@H]4N(C(=O)[C@H](Cc5ccccc5)N24)c2ccccc2[C@]3(C)O)cc1. The molecule has 0 unspecified atom stereocenters. The van der Waals surface area contributed by atoms with Crippen molar-refractivity contribution >= 4 is 27.5 Å². The number of nitrogens with zero attached hydrogens (tertiary/aromatic N) is 3. The minimum absolute atomic E-state index is 0.104. The highest BCUT2D eigenvalue weighted by Crippen LogP contribution is 2.53. The van der Waals surface area contributed by atoms with Crippen molar-refractivity contribution in [1.29, 1.82) is 0 Å². The quantitative estimate of drug-likeness (QED) is 0.590. The van der Waals surface area contributed by atoms with Gasteiger partial charge in [0.15, 0.2) is 0 Å². The van der Waals surface area contributed by atoms with Crippen molar-refractivity contribution < 1.29 is 18.3 Å². The number of amidine groups is 1. The Balaban J connectivity index is 1.50. The van der Waals surface area contributed by atoms with Gasteiger partial charge in [0.25, 0.3) is 15.9 Å². The first-order valence-corrected chi connectivity index (χ1v) is 13.5. The Labute approximate surface area is 210 Å². The number of aryl methyl sites for hydroxylation is 1. The first-order valence-electron chi connectivity index (χ1n) is 12.1. The third-order valence-electron chi connectivity index (χ3n) is 7.72. The summed E-state index contributed by atoms with van der Waals surface area (Å²) in [6.07, 6.45) is 0.141. The first-order chi connectivity index (χ1) is 17.2. The summed E-state index contributed by atoms with van der Waals surface area (Å²) in [6, 6.07) is 23.0. The molecule has 4 atom stereocenters. The number of para-hydroxylation sites is 1. The standard InChI is InChI=1S/C28H27N3O4S/c1-18-12-14-20(15-13-18)36(34,35)29-25-17-22-26-30(25)24(16-19-8-4-3-5-9-19)27(32)31(26)23-11-7-6-10-21(23)28(22,2)33/h3-15,22,24,26,33H,16-17H2,1-2H3/b29-25+/t22-,24+,26-,28+/m1/s1. The predicted octanol–water partition coefficient (Wildman–Crippen LogP) is 3.61. The third-order valence-corrected chi connectivity index (χ3v) is 9.03. The van der Waals surface area contributed by atoms with Gasteiger partial charge in [-0.3, -0.25) is 9.69 Å². The maximum Gasteiger partial charge on any atom is 0.283 e. The molecule has 2 fully saturated rings. The molecule has 3 aliphatic rings. The Hall–Kier alpha value is -3.49. The van der Waals surface area contributed by atoms with Crippen LogP contribution in [0.3, 0.4) is 0 Å². The molecular formula is C28H27N3O4S. The van der Waals surface area contributed by atoms with E-state index in [0.717, 1.165) is 11.1 Å². The number of hydrogen-bond donors (Lipinski definition) is 1. The van der Waals surface area contributed by atoms with Crippen LogP contribution in [0.15, 0.2) is 88.2 Å². The number of rotatable bonds is 4. The number of anilines is 1. The van der Waals surface area contributed by atoms with E-state index < -0.39 is 33.7 Å². The van der Waals surface area contributed by atoms with Crippen molar-refractivity contribution in [1.82, 2.24) is 4.90 Å². The Morgan fingerprint density at radius 2 is 1.67 bits per heavy atom. The van der Waals surface area contributed by atoms with Gasteiger partial charge in [0, 0.05) is 24.3 Å². The van der Waals surface area contributed by atoms with Crippen LogP contribution in [0.5, 0.6) is 0 Å². The lowest BCUT2D eigenvalue weighted by atomic mass is 9.76. The lowest BCUT2D eigenvalue weighted by molar-refractivity contribution is -0.119. The molecule has 184 valence electrons. The van der Waals surface area contributed by atoms with Crippen molar-refractivity contribution in [2.75, 3.05) is 4.90 Å². The highest BCUT2D eigenvalue weighted by molar-refractivity contribution is 7.90. The molecule has 2 saturated heterocycles. The van der Waals surface area contributed by atoms with Crippen LogP contribution in [0, 0.1) is 12.8 Å². The predicted molar refractivity (Wildman–Crippen MR) is 137 cm³/mol. The molecule has 1 amide bonds. The second kappa shape index (κ2) is 8.01. The number of hydrogen-bond acceptors (Lipinski definition) is 4. The monoisotopic (exact) mass is 501 g/mol. The highest BCUT2D eigenvalue weighted by atomic mass is 32.2. The largest absolute Gasteiger partial charge is 0.385 e. The molecule has 3 aliphatic heterocycles. The van der Waals surface area contributed by atoms with Crippen LogP contribution in [-0.4, -0.2) is 42.4 Å². The van der Waals surface area contributed by atoms with Crippen LogP contribution < -0.4 is 4.90 Å². The number of carbonyl (C=O) groups is 1. The van der Waals surface area contributed by atoms with Crippen LogP contribution >= 0.6 is 0 Å². The molecule has 0 aliphatic carbocycles. The fourth-order valence-electron chi connectivity index (χ4n) is 5.90. The normalized spacial score (nSPS) is 27.9. The number of aliphatic hydroxyl groups is 1. The van der Waals surface area contributed by atoms with Gasteiger partial charge in [0.2, 0.25) is 0 Å². The van der Waals surface area contributed by atoms with E-state index in [1.54, 1.807) is 36.1 Å². The van der Waals surface area contributed by atoms with E-state index in [-0.39, 0.29) is 17.2 Å². The first kappa shape index (κ1) is 22.9. The summed E-state index contributed by atoms with van der Waals surface area (Å²) in [5.41, 5.74) is 1.99. The van der Waals surface area contributed by atoms with Gasteiger partial charge in [-0.05, 0) is 37.6 Å². The molecule has 36 heavy (non-hydrogen) atoms. The average Bonchev–Trinajstić information content (AvgIpc) is 3.35. The Morgan fingerprint density at radius 1 is 1.00 bits per heavy atom. The van der Waals surface area contributed by atoms with E-state index in [1.807, 2.05) is 66.4 Å². The van der Waals surface area contributed by atoms with Gasteiger partial charge >= 0.3 is 0 Å². The molecule has 0 bridgehead atoms. The maximum atomic E-state index is 13.9. The molecule has 7 nitrogen and oxygen atoms in total. The summed E-state index contributed by atoms with van der Waals surface area (Å²) < 4.78 is 31.0. The van der Waals surface area contributed by atoms with E-state index >= 15 is 0 Å². The van der Waals surface area contributed by atoms with Gasteiger partial charge in [0.05, 0.1) is 16.2 Å². The fourth-order valence-corrected chi connectivity index (χ4v) is 6.94. The van der Waals surface area contributed by atoms with Crippen LogP contribution in [0.2, 0.25) is 0 Å². The van der Waals surface area contributed by atoms with Gasteiger partial charge < -0.3 is 10.0 Å². The molecule has 0 radical (unpaired) electrons. The van der Waals surface area contributed by atoms with Crippen LogP contribution in [-0.2, 0) is 26.8 Å². The maximum absolute atomic E-state index is 13.9. The Morgan fingerprint density at radius 3 is 2.39 bits per heavy atom. The van der Waals surface area contributed by atoms with Crippen molar-refractivity contribution in [3.05, 3.63) is 95.6 Å². The zero-order valence-corrected chi connectivity index (χ0v) is 20.9. The molecule has 6 rings (SSSR count). The lowest BCUT2D eigenvalue weighted by Crippen LogP contribution is -2.52. The number of benzene rings is 3. The van der Waals surface area contributed by atoms with E-state index in [4.69, 9.17) is 0 Å². The molecule has 8 heteroatoms. The minimum atomic E-state index is -4.01. The van der Waals surface area contributed by atoms with Crippen LogP contribution in [0.25, 0.3) is 0 Å². The van der Waals surface area contributed by atoms with E-state index in [1.165, 1.54) is 0 Å². The number of amides is 1. The topological polar surface area (TPSA) is 90.3 Å². The summed E-state index contributed by atoms with van der Waals surface area (Å²) in [5.74, 6) is -0.225. The summed E-state index contributed by atoms with van der Waals surface area (Å²) in [6.45, 7) is 3.64. The molecule has 3 aromatic carbocycles. The van der Waals surface area contributed by atoms with E-state index in [0.29, 0.717) is 23.5 Å². The Kier molecular flexibility index (Phi) is 5.10. The van der Waals surface area contributed by atoms with Crippen molar-refractivity contribution in [2.24, 2.45) is 10.3 Å². The zero-order chi connectivity index (χ0) is 25.2. The highest BCUT2D eigenvalue weighted by Gasteiger charge is 2.63. The molecule has 0 saturated carbocycles. The van der Waals surface area contributed by atoms with Gasteiger partial charge in [-0.1, -0.05) is 66.2 Å². The summed E-state index contributed by atoms with van der Waals surface area (Å²) >= 11 is 0. The fraction of sp³-hybridized carbons (Fsp3) is 0.286. The molecule has 3 heterocycles. The molecule has 3 aromatic rings.